The SMILES string of the molecule is CN(C)C1CN(C(=O)Nc2ccc(OCC(F)(F)F)c(C#N)c2)C1. The number of ether oxygens (including phenoxy) is 1. The summed E-state index contributed by atoms with van der Waals surface area (Å²) < 4.78 is 41.1. The number of nitriles is 1. The van der Waals surface area contributed by atoms with E-state index in [2.05, 4.69) is 10.1 Å². The predicted octanol–water partition coefficient (Wildman–Crippen LogP) is 2.28. The lowest BCUT2D eigenvalue weighted by atomic mass is 10.1. The Labute approximate surface area is 137 Å². The van der Waals surface area contributed by atoms with Crippen LogP contribution in [-0.2, 0) is 0 Å². The number of halogens is 3. The zero-order chi connectivity index (χ0) is 17.9. The Morgan fingerprint density at radius 2 is 2.12 bits per heavy atom. The highest BCUT2D eigenvalue weighted by Gasteiger charge is 2.32. The van der Waals surface area contributed by atoms with E-state index in [0.717, 1.165) is 0 Å². The Bertz CT molecular complexity index is 649. The molecule has 2 amide bonds. The molecule has 9 heteroatoms. The van der Waals surface area contributed by atoms with Gasteiger partial charge in [-0.3, -0.25) is 0 Å². The average Bonchev–Trinajstić information content (AvgIpc) is 2.42. The molecule has 1 aromatic rings. The first kappa shape index (κ1) is 17.9. The third-order valence-corrected chi connectivity index (χ3v) is 3.62. The van der Waals surface area contributed by atoms with Gasteiger partial charge in [0.1, 0.15) is 11.8 Å². The molecular weight excluding hydrogens is 325 g/mol. The molecule has 24 heavy (non-hydrogen) atoms. The van der Waals surface area contributed by atoms with E-state index in [0.29, 0.717) is 24.8 Å². The Balaban J connectivity index is 1.97. The summed E-state index contributed by atoms with van der Waals surface area (Å²) in [4.78, 5) is 15.7. The topological polar surface area (TPSA) is 68.6 Å². The van der Waals surface area contributed by atoms with Crippen LogP contribution in [0.25, 0.3) is 0 Å². The fraction of sp³-hybridized carbons (Fsp3) is 0.467. The van der Waals surface area contributed by atoms with Crippen molar-refractivity contribution in [1.29, 1.82) is 5.26 Å². The molecule has 1 fully saturated rings. The Kier molecular flexibility index (Phi) is 5.19. The van der Waals surface area contributed by atoms with Crippen LogP contribution in [0, 0.1) is 11.3 Å². The van der Waals surface area contributed by atoms with Crippen LogP contribution in [0.5, 0.6) is 5.75 Å². The fourth-order valence-electron chi connectivity index (χ4n) is 2.13. The zero-order valence-electron chi connectivity index (χ0n) is 13.2. The van der Waals surface area contributed by atoms with Crippen LogP contribution >= 0.6 is 0 Å². The lowest BCUT2D eigenvalue weighted by Crippen LogP contribution is -2.60. The third-order valence-electron chi connectivity index (χ3n) is 3.62. The molecule has 1 saturated heterocycles. The molecule has 1 aromatic carbocycles. The molecule has 0 aromatic heterocycles. The van der Waals surface area contributed by atoms with E-state index in [-0.39, 0.29) is 17.3 Å². The standard InChI is InChI=1S/C15H17F3N4O2/c1-21(2)12-7-22(8-12)14(23)20-11-3-4-13(10(5-11)6-19)24-9-15(16,17)18/h3-5,12H,7-9H2,1-2H3,(H,20,23). The van der Waals surface area contributed by atoms with Crippen molar-refractivity contribution in [3.8, 4) is 11.8 Å². The molecule has 6 nitrogen and oxygen atoms in total. The van der Waals surface area contributed by atoms with Gasteiger partial charge in [0.15, 0.2) is 6.61 Å². The van der Waals surface area contributed by atoms with Gasteiger partial charge in [-0.05, 0) is 32.3 Å². The second-order valence-electron chi connectivity index (χ2n) is 5.68. The first-order chi connectivity index (χ1) is 11.2. The number of rotatable bonds is 4. The fourth-order valence-corrected chi connectivity index (χ4v) is 2.13. The Morgan fingerprint density at radius 3 is 2.67 bits per heavy atom. The Hall–Kier alpha value is -2.47. The van der Waals surface area contributed by atoms with Gasteiger partial charge in [-0.1, -0.05) is 0 Å². The maximum atomic E-state index is 12.2. The van der Waals surface area contributed by atoms with Crippen LogP contribution in [0.3, 0.4) is 0 Å². The van der Waals surface area contributed by atoms with Crippen molar-refractivity contribution in [2.75, 3.05) is 39.1 Å². The Morgan fingerprint density at radius 1 is 1.46 bits per heavy atom. The minimum Gasteiger partial charge on any atom is -0.483 e. The highest BCUT2D eigenvalue weighted by atomic mass is 19.4. The van der Waals surface area contributed by atoms with Crippen LogP contribution in [0.2, 0.25) is 0 Å². The molecule has 1 N–H and O–H groups in total. The number of hydrogen-bond donors (Lipinski definition) is 1. The normalized spacial score (nSPS) is 15.0. The number of nitrogens with one attached hydrogen (secondary N) is 1. The monoisotopic (exact) mass is 342 g/mol. The lowest BCUT2D eigenvalue weighted by Gasteiger charge is -2.42. The van der Waals surface area contributed by atoms with Gasteiger partial charge in [-0.2, -0.15) is 18.4 Å². The number of urea groups is 1. The van der Waals surface area contributed by atoms with Crippen molar-refractivity contribution in [2.45, 2.75) is 12.2 Å². The van der Waals surface area contributed by atoms with Crippen molar-refractivity contribution in [3.05, 3.63) is 23.8 Å². The largest absolute Gasteiger partial charge is 0.483 e. The zero-order valence-corrected chi connectivity index (χ0v) is 13.2. The van der Waals surface area contributed by atoms with E-state index < -0.39 is 12.8 Å². The first-order valence-corrected chi connectivity index (χ1v) is 7.15. The molecule has 0 unspecified atom stereocenters. The molecule has 0 aliphatic carbocycles. The van der Waals surface area contributed by atoms with Gasteiger partial charge in [-0.25, -0.2) is 4.79 Å². The number of likely N-dealkylation sites (N-methyl/N-ethyl adjacent to an activating group) is 1. The number of benzene rings is 1. The maximum Gasteiger partial charge on any atom is 0.422 e. The van der Waals surface area contributed by atoms with Gasteiger partial charge in [0, 0.05) is 24.8 Å². The molecule has 0 atom stereocenters. The summed E-state index contributed by atoms with van der Waals surface area (Å²) >= 11 is 0. The first-order valence-electron chi connectivity index (χ1n) is 7.15. The van der Waals surface area contributed by atoms with Gasteiger partial charge in [-0.15, -0.1) is 0 Å². The van der Waals surface area contributed by atoms with Gasteiger partial charge in [0.05, 0.1) is 5.56 Å². The van der Waals surface area contributed by atoms with E-state index in [9.17, 15) is 18.0 Å². The van der Waals surface area contributed by atoms with Crippen LogP contribution < -0.4 is 10.1 Å². The van der Waals surface area contributed by atoms with Crippen molar-refractivity contribution in [1.82, 2.24) is 9.80 Å². The maximum absolute atomic E-state index is 12.2. The highest BCUT2D eigenvalue weighted by molar-refractivity contribution is 5.90. The molecule has 0 spiro atoms. The number of alkyl halides is 3. The average molecular weight is 342 g/mol. The van der Waals surface area contributed by atoms with E-state index in [1.807, 2.05) is 19.0 Å². The van der Waals surface area contributed by atoms with E-state index in [1.54, 1.807) is 11.0 Å². The van der Waals surface area contributed by atoms with Crippen molar-refractivity contribution in [2.24, 2.45) is 0 Å². The molecule has 0 saturated carbocycles. The van der Waals surface area contributed by atoms with Crippen molar-refractivity contribution < 1.29 is 22.7 Å². The number of carbonyl (C=O) groups excluding carboxylic acids is 1. The predicted molar refractivity (Wildman–Crippen MR) is 80.8 cm³/mol. The second-order valence-corrected chi connectivity index (χ2v) is 5.68. The number of carbonyl (C=O) groups is 1. The van der Waals surface area contributed by atoms with Gasteiger partial charge >= 0.3 is 12.2 Å². The summed E-state index contributed by atoms with van der Waals surface area (Å²) in [5, 5.41) is 11.6. The van der Waals surface area contributed by atoms with Crippen LogP contribution in [0.15, 0.2) is 18.2 Å². The molecule has 130 valence electrons. The van der Waals surface area contributed by atoms with Crippen molar-refractivity contribution >= 4 is 11.7 Å². The van der Waals surface area contributed by atoms with Crippen LogP contribution in [0.1, 0.15) is 5.56 Å². The van der Waals surface area contributed by atoms with E-state index in [4.69, 9.17) is 5.26 Å². The minimum absolute atomic E-state index is 0.0770. The smallest absolute Gasteiger partial charge is 0.422 e. The summed E-state index contributed by atoms with van der Waals surface area (Å²) in [6.45, 7) is -0.291. The third kappa shape index (κ3) is 4.52. The molecule has 0 bridgehead atoms. The molecule has 1 heterocycles. The molecule has 0 radical (unpaired) electrons. The van der Waals surface area contributed by atoms with Gasteiger partial charge in [0.2, 0.25) is 0 Å². The van der Waals surface area contributed by atoms with E-state index in [1.165, 1.54) is 18.2 Å². The van der Waals surface area contributed by atoms with Crippen molar-refractivity contribution in [3.63, 3.8) is 0 Å². The summed E-state index contributed by atoms with van der Waals surface area (Å²) in [6.07, 6.45) is -4.49. The number of nitrogens with zero attached hydrogens (tertiary/aromatic N) is 3. The van der Waals surface area contributed by atoms with Gasteiger partial charge < -0.3 is 19.9 Å². The molecule has 1 aliphatic rings. The quantitative estimate of drug-likeness (QED) is 0.911. The summed E-state index contributed by atoms with van der Waals surface area (Å²) in [5.74, 6) is -0.176. The molecule has 1 aliphatic heterocycles. The highest BCUT2D eigenvalue weighted by Crippen LogP contribution is 2.25. The number of hydrogen-bond acceptors (Lipinski definition) is 4. The molecule has 2 rings (SSSR count). The lowest BCUT2D eigenvalue weighted by molar-refractivity contribution is -0.153. The summed E-state index contributed by atoms with van der Waals surface area (Å²) in [6, 6.07) is 5.67. The van der Waals surface area contributed by atoms with E-state index >= 15 is 0 Å². The number of amides is 2. The van der Waals surface area contributed by atoms with Gasteiger partial charge in [0.25, 0.3) is 0 Å². The summed E-state index contributed by atoms with van der Waals surface area (Å²) in [5.41, 5.74) is 0.246. The summed E-state index contributed by atoms with van der Waals surface area (Å²) in [7, 11) is 3.86. The second kappa shape index (κ2) is 6.97. The molecular formula is C15H17F3N4O2. The van der Waals surface area contributed by atoms with Crippen LogP contribution in [-0.4, -0.2) is 61.8 Å². The minimum atomic E-state index is -4.49. The number of likely N-dealkylation sites (tertiary alicyclic amines) is 1. The van der Waals surface area contributed by atoms with Crippen LogP contribution in [0.4, 0.5) is 23.7 Å². The number of anilines is 1.